The molecule has 180 valence electrons. The topological polar surface area (TPSA) is 89.0 Å². The molecule has 0 spiro atoms. The average molecular weight is 534 g/mol. The fraction of sp³-hybridized carbons (Fsp3) is 0.160. The average Bonchev–Trinajstić information content (AvgIpc) is 3.09. The number of nitrogens with zero attached hydrogens (tertiary/aromatic N) is 2. The van der Waals surface area contributed by atoms with Crippen LogP contribution in [-0.2, 0) is 9.59 Å². The highest BCUT2D eigenvalue weighted by Gasteiger charge is 2.48. The van der Waals surface area contributed by atoms with Gasteiger partial charge in [-0.1, -0.05) is 40.9 Å². The summed E-state index contributed by atoms with van der Waals surface area (Å²) in [5, 5.41) is 12.0. The van der Waals surface area contributed by atoms with Crippen molar-refractivity contribution in [3.8, 4) is 11.5 Å². The summed E-state index contributed by atoms with van der Waals surface area (Å²) in [6, 6.07) is 8.70. The molecule has 1 amide bonds. The summed E-state index contributed by atoms with van der Waals surface area (Å²) in [4.78, 5) is 32.2. The summed E-state index contributed by atoms with van der Waals surface area (Å²) in [5.41, 5.74) is 1.49. The quantitative estimate of drug-likeness (QED) is 0.246. The zero-order valence-corrected chi connectivity index (χ0v) is 21.1. The first kappa shape index (κ1) is 24.9. The van der Waals surface area contributed by atoms with Crippen LogP contribution in [0.25, 0.3) is 5.76 Å². The lowest BCUT2D eigenvalue weighted by atomic mass is 9.95. The van der Waals surface area contributed by atoms with Crippen LogP contribution in [0.1, 0.15) is 22.7 Å². The molecule has 1 unspecified atom stereocenters. The Labute approximate surface area is 216 Å². The molecule has 1 saturated heterocycles. The van der Waals surface area contributed by atoms with Crippen molar-refractivity contribution >= 4 is 57.9 Å². The van der Waals surface area contributed by atoms with Gasteiger partial charge in [-0.15, -0.1) is 0 Å². The third kappa shape index (κ3) is 4.20. The second-order valence-corrected chi connectivity index (χ2v) is 8.89. The lowest BCUT2D eigenvalue weighted by molar-refractivity contribution is -0.132. The van der Waals surface area contributed by atoms with Gasteiger partial charge in [-0.3, -0.25) is 19.5 Å². The molecule has 10 heteroatoms. The first-order chi connectivity index (χ1) is 16.7. The number of amides is 1. The van der Waals surface area contributed by atoms with E-state index in [9.17, 15) is 14.7 Å². The number of hydrogen-bond donors (Lipinski definition) is 1. The number of carbonyl (C=O) groups excluding carboxylic acids is 2. The van der Waals surface area contributed by atoms with Crippen LogP contribution in [-0.4, -0.2) is 36.0 Å². The van der Waals surface area contributed by atoms with Gasteiger partial charge in [0.25, 0.3) is 11.7 Å². The van der Waals surface area contributed by atoms with Crippen molar-refractivity contribution in [2.24, 2.45) is 0 Å². The third-order valence-corrected chi connectivity index (χ3v) is 6.52. The zero-order chi connectivity index (χ0) is 25.4. The number of carbonyl (C=O) groups is 2. The summed E-state index contributed by atoms with van der Waals surface area (Å²) < 4.78 is 10.6. The van der Waals surface area contributed by atoms with Crippen LogP contribution in [0.2, 0.25) is 15.1 Å². The number of methoxy groups -OCH3 is 2. The molecular weight excluding hydrogens is 515 g/mol. The highest BCUT2D eigenvalue weighted by molar-refractivity contribution is 6.52. The van der Waals surface area contributed by atoms with Crippen LogP contribution in [0.5, 0.6) is 11.5 Å². The normalized spacial score (nSPS) is 17.1. The Morgan fingerprint density at radius 3 is 2.37 bits per heavy atom. The van der Waals surface area contributed by atoms with Gasteiger partial charge in [0.15, 0.2) is 11.5 Å². The van der Waals surface area contributed by atoms with E-state index >= 15 is 0 Å². The largest absolute Gasteiger partial charge is 0.507 e. The van der Waals surface area contributed by atoms with Gasteiger partial charge in [-0.25, -0.2) is 0 Å². The van der Waals surface area contributed by atoms with E-state index in [4.69, 9.17) is 44.3 Å². The SMILES string of the molecule is COc1c(Cl)cc(/C(O)=C2\C(=O)C(=O)N(c3ccc(Cl)cc3C)C2c2cccnc2)c(OC)c1Cl. The van der Waals surface area contributed by atoms with Crippen LogP contribution < -0.4 is 14.4 Å². The van der Waals surface area contributed by atoms with Gasteiger partial charge in [0.2, 0.25) is 0 Å². The fourth-order valence-corrected chi connectivity index (χ4v) is 5.03. The molecule has 7 nitrogen and oxygen atoms in total. The molecule has 1 aliphatic rings. The van der Waals surface area contributed by atoms with Crippen LogP contribution >= 0.6 is 34.8 Å². The van der Waals surface area contributed by atoms with E-state index in [-0.39, 0.29) is 32.7 Å². The Hall–Kier alpha value is -3.26. The molecule has 4 rings (SSSR count). The maximum Gasteiger partial charge on any atom is 0.300 e. The second kappa shape index (κ2) is 9.77. The number of ether oxygens (including phenoxy) is 2. The highest BCUT2D eigenvalue weighted by Crippen LogP contribution is 2.48. The highest BCUT2D eigenvalue weighted by atomic mass is 35.5. The molecule has 0 aliphatic carbocycles. The number of hydrogen-bond acceptors (Lipinski definition) is 6. The Balaban J connectivity index is 2.02. The van der Waals surface area contributed by atoms with Gasteiger partial charge < -0.3 is 14.6 Å². The standard InChI is InChI=1S/C25H19Cl3N2O5/c1-12-9-14(26)6-7-17(12)30-20(13-5-4-8-29-11-13)18(22(32)25(30)33)21(31)15-10-16(27)24(35-3)19(28)23(15)34-2/h4-11,20,31H,1-3H3/b21-18+. The Bertz CT molecular complexity index is 1380. The molecule has 3 aromatic rings. The number of aliphatic hydroxyl groups is 1. The van der Waals surface area contributed by atoms with E-state index in [2.05, 4.69) is 4.98 Å². The number of halogens is 3. The maximum atomic E-state index is 13.4. The molecule has 2 aromatic carbocycles. The number of Topliss-reactive ketones (excluding diaryl/α,β-unsaturated/α-hetero) is 1. The van der Waals surface area contributed by atoms with Gasteiger partial charge in [-0.05, 0) is 48.4 Å². The molecule has 1 N–H and O–H groups in total. The third-order valence-electron chi connectivity index (χ3n) is 5.66. The summed E-state index contributed by atoms with van der Waals surface area (Å²) >= 11 is 18.8. The predicted octanol–water partition coefficient (Wildman–Crippen LogP) is 5.99. The van der Waals surface area contributed by atoms with Gasteiger partial charge in [0, 0.05) is 23.1 Å². The number of pyridine rings is 1. The van der Waals surface area contributed by atoms with Crippen LogP contribution in [0.4, 0.5) is 5.69 Å². The summed E-state index contributed by atoms with van der Waals surface area (Å²) in [6.07, 6.45) is 3.09. The number of aromatic nitrogens is 1. The van der Waals surface area contributed by atoms with Crippen LogP contribution in [0.3, 0.4) is 0 Å². The summed E-state index contributed by atoms with van der Waals surface area (Å²) in [7, 11) is 2.73. The van der Waals surface area contributed by atoms with E-state index in [1.54, 1.807) is 43.5 Å². The maximum absolute atomic E-state index is 13.4. The fourth-order valence-electron chi connectivity index (χ4n) is 4.11. The zero-order valence-electron chi connectivity index (χ0n) is 18.8. The molecule has 35 heavy (non-hydrogen) atoms. The first-order valence-electron chi connectivity index (χ1n) is 10.3. The van der Waals surface area contributed by atoms with Gasteiger partial charge in [-0.2, -0.15) is 0 Å². The van der Waals surface area contributed by atoms with Crippen molar-refractivity contribution in [3.05, 3.63) is 86.1 Å². The molecule has 0 bridgehead atoms. The lowest BCUT2D eigenvalue weighted by Crippen LogP contribution is -2.30. The van der Waals surface area contributed by atoms with E-state index < -0.39 is 23.5 Å². The molecular formula is C25H19Cl3N2O5. The van der Waals surface area contributed by atoms with E-state index in [1.807, 2.05) is 0 Å². The number of benzene rings is 2. The number of ketones is 1. The summed E-state index contributed by atoms with van der Waals surface area (Å²) in [6.45, 7) is 1.77. The molecule has 2 heterocycles. The number of rotatable bonds is 5. The minimum Gasteiger partial charge on any atom is -0.507 e. The molecule has 0 saturated carbocycles. The van der Waals surface area contributed by atoms with Crippen molar-refractivity contribution in [2.75, 3.05) is 19.1 Å². The van der Waals surface area contributed by atoms with Crippen molar-refractivity contribution in [2.45, 2.75) is 13.0 Å². The molecule has 1 atom stereocenters. The van der Waals surface area contributed by atoms with E-state index in [0.717, 1.165) is 0 Å². The van der Waals surface area contributed by atoms with Gasteiger partial charge >= 0.3 is 0 Å². The molecule has 1 aromatic heterocycles. The predicted molar refractivity (Wildman–Crippen MR) is 135 cm³/mol. The number of aryl methyl sites for hydroxylation is 1. The van der Waals surface area contributed by atoms with E-state index in [1.165, 1.54) is 31.4 Å². The smallest absolute Gasteiger partial charge is 0.300 e. The summed E-state index contributed by atoms with van der Waals surface area (Å²) in [5.74, 6) is -2.05. The number of aliphatic hydroxyl groups excluding tert-OH is 1. The minimum atomic E-state index is -0.993. The van der Waals surface area contributed by atoms with Crippen LogP contribution in [0, 0.1) is 6.92 Å². The Morgan fingerprint density at radius 1 is 1.06 bits per heavy atom. The Kier molecular flexibility index (Phi) is 6.94. The van der Waals surface area contributed by atoms with Crippen molar-refractivity contribution in [1.29, 1.82) is 0 Å². The van der Waals surface area contributed by atoms with Crippen molar-refractivity contribution < 1.29 is 24.2 Å². The van der Waals surface area contributed by atoms with E-state index in [0.29, 0.717) is 21.8 Å². The molecule has 1 fully saturated rings. The first-order valence-corrected chi connectivity index (χ1v) is 11.4. The molecule has 0 radical (unpaired) electrons. The van der Waals surface area contributed by atoms with Crippen LogP contribution in [0.15, 0.2) is 54.4 Å². The van der Waals surface area contributed by atoms with Crippen molar-refractivity contribution in [3.63, 3.8) is 0 Å². The lowest BCUT2D eigenvalue weighted by Gasteiger charge is -2.26. The monoisotopic (exact) mass is 532 g/mol. The second-order valence-electron chi connectivity index (χ2n) is 7.67. The van der Waals surface area contributed by atoms with Crippen molar-refractivity contribution in [1.82, 2.24) is 4.98 Å². The van der Waals surface area contributed by atoms with Gasteiger partial charge in [0.1, 0.15) is 10.8 Å². The minimum absolute atomic E-state index is 0.00440. The number of anilines is 1. The van der Waals surface area contributed by atoms with Gasteiger partial charge in [0.05, 0.1) is 36.4 Å². The molecule has 1 aliphatic heterocycles. The Morgan fingerprint density at radius 2 is 1.77 bits per heavy atom.